The summed E-state index contributed by atoms with van der Waals surface area (Å²) >= 11 is 0. The van der Waals surface area contributed by atoms with Gasteiger partial charge in [-0.2, -0.15) is 0 Å². The number of carbonyl (C=O) groups is 2. The average Bonchev–Trinajstić information content (AvgIpc) is 1.82. The number of nitrogens with one attached hydrogen (secondary N) is 1. The highest BCUT2D eigenvalue weighted by Gasteiger charge is 2.23. The van der Waals surface area contributed by atoms with Gasteiger partial charge >= 0.3 is 0 Å². The number of rotatable bonds is 4. The van der Waals surface area contributed by atoms with E-state index in [1.807, 2.05) is 0 Å². The van der Waals surface area contributed by atoms with E-state index in [0.717, 1.165) is 0 Å². The molecule has 0 saturated heterocycles. The third kappa shape index (κ3) is 5.19. The van der Waals surface area contributed by atoms with Crippen molar-refractivity contribution in [2.75, 3.05) is 0 Å². The molecule has 0 aromatic heterocycles. The quantitative estimate of drug-likeness (QED) is 0.532. The third-order valence-electron chi connectivity index (χ3n) is 1.47. The highest BCUT2D eigenvalue weighted by Crippen LogP contribution is 1.98. The molecule has 0 heterocycles. The predicted molar refractivity (Wildman–Crippen MR) is 49.7 cm³/mol. The van der Waals surface area contributed by atoms with Gasteiger partial charge in [0.05, 0.1) is 5.54 Å². The van der Waals surface area contributed by atoms with Crippen molar-refractivity contribution < 1.29 is 9.59 Å². The van der Waals surface area contributed by atoms with E-state index < -0.39 is 11.4 Å². The molecule has 0 aliphatic heterocycles. The van der Waals surface area contributed by atoms with E-state index in [0.29, 0.717) is 0 Å². The first-order valence-corrected chi connectivity index (χ1v) is 4.11. The fourth-order valence-corrected chi connectivity index (χ4v) is 0.763. The molecule has 0 fully saturated rings. The largest absolute Gasteiger partial charge is 0.370 e. The van der Waals surface area contributed by atoms with Gasteiger partial charge < -0.3 is 16.8 Å². The molecular formula is C8H17N3O2. The molecule has 2 amide bonds. The van der Waals surface area contributed by atoms with Crippen LogP contribution in [0.4, 0.5) is 0 Å². The Bertz CT molecular complexity index is 208. The number of hydrogen-bond acceptors (Lipinski definition) is 3. The molecule has 0 rings (SSSR count). The van der Waals surface area contributed by atoms with Gasteiger partial charge in [0.15, 0.2) is 0 Å². The zero-order chi connectivity index (χ0) is 10.6. The lowest BCUT2D eigenvalue weighted by molar-refractivity contribution is -0.126. The van der Waals surface area contributed by atoms with E-state index in [4.69, 9.17) is 11.5 Å². The van der Waals surface area contributed by atoms with Crippen LogP contribution in [0, 0.1) is 0 Å². The maximum atomic E-state index is 11.3. The Morgan fingerprint density at radius 3 is 2.23 bits per heavy atom. The Balaban J connectivity index is 4.00. The minimum Gasteiger partial charge on any atom is -0.370 e. The predicted octanol–water partition coefficient (Wildman–Crippen LogP) is -0.896. The molecule has 0 saturated carbocycles. The molecule has 5 heteroatoms. The Morgan fingerprint density at radius 2 is 1.92 bits per heavy atom. The van der Waals surface area contributed by atoms with E-state index in [2.05, 4.69) is 5.32 Å². The fourth-order valence-electron chi connectivity index (χ4n) is 0.763. The number of carbonyl (C=O) groups excluding carboxylic acids is 2. The summed E-state index contributed by atoms with van der Waals surface area (Å²) in [7, 11) is 0. The van der Waals surface area contributed by atoms with Crippen molar-refractivity contribution >= 4 is 11.8 Å². The van der Waals surface area contributed by atoms with Crippen LogP contribution in [-0.4, -0.2) is 23.4 Å². The van der Waals surface area contributed by atoms with Crippen LogP contribution in [0.15, 0.2) is 0 Å². The molecule has 0 aliphatic rings. The molecule has 1 unspecified atom stereocenters. The Morgan fingerprint density at radius 1 is 1.46 bits per heavy atom. The van der Waals surface area contributed by atoms with Crippen LogP contribution in [0.5, 0.6) is 0 Å². The first kappa shape index (κ1) is 11.9. The summed E-state index contributed by atoms with van der Waals surface area (Å²) in [6, 6.07) is -0.271. The van der Waals surface area contributed by atoms with Crippen LogP contribution in [0.3, 0.4) is 0 Å². The summed E-state index contributed by atoms with van der Waals surface area (Å²) in [5.41, 5.74) is 9.56. The fraction of sp³-hybridized carbons (Fsp3) is 0.750. The molecule has 0 spiro atoms. The summed E-state index contributed by atoms with van der Waals surface area (Å²) in [6.07, 6.45) is 0.127. The monoisotopic (exact) mass is 187 g/mol. The second-order valence-electron chi connectivity index (χ2n) is 3.77. The van der Waals surface area contributed by atoms with Gasteiger partial charge in [-0.05, 0) is 20.8 Å². The maximum absolute atomic E-state index is 11.3. The van der Waals surface area contributed by atoms with Gasteiger partial charge in [-0.15, -0.1) is 0 Å². The minimum absolute atomic E-state index is 0.127. The van der Waals surface area contributed by atoms with E-state index in [1.165, 1.54) is 0 Å². The normalized spacial score (nSPS) is 13.5. The lowest BCUT2D eigenvalue weighted by Gasteiger charge is -2.21. The number of hydrogen-bond donors (Lipinski definition) is 3. The van der Waals surface area contributed by atoms with Crippen LogP contribution < -0.4 is 16.8 Å². The van der Waals surface area contributed by atoms with E-state index in [9.17, 15) is 9.59 Å². The molecule has 5 N–H and O–H groups in total. The minimum atomic E-state index is -0.925. The number of amides is 2. The lowest BCUT2D eigenvalue weighted by Crippen LogP contribution is -2.52. The average molecular weight is 187 g/mol. The Hall–Kier alpha value is -1.10. The molecule has 0 bridgehead atoms. The van der Waals surface area contributed by atoms with Gasteiger partial charge in [-0.25, -0.2) is 0 Å². The topological polar surface area (TPSA) is 98.2 Å². The van der Waals surface area contributed by atoms with Crippen LogP contribution in [0.2, 0.25) is 0 Å². The van der Waals surface area contributed by atoms with E-state index in [1.54, 1.807) is 20.8 Å². The maximum Gasteiger partial charge on any atom is 0.239 e. The number of primary amides is 1. The van der Waals surface area contributed by atoms with Crippen LogP contribution in [0.1, 0.15) is 27.2 Å². The van der Waals surface area contributed by atoms with Crippen molar-refractivity contribution in [3.05, 3.63) is 0 Å². The molecule has 13 heavy (non-hydrogen) atoms. The van der Waals surface area contributed by atoms with Gasteiger partial charge in [-0.1, -0.05) is 0 Å². The van der Waals surface area contributed by atoms with Gasteiger partial charge in [-0.3, -0.25) is 9.59 Å². The Kier molecular flexibility index (Phi) is 3.87. The summed E-state index contributed by atoms with van der Waals surface area (Å²) in [5.74, 6) is -0.733. The zero-order valence-electron chi connectivity index (χ0n) is 8.26. The number of nitrogens with two attached hydrogens (primary N) is 2. The van der Waals surface area contributed by atoms with Crippen molar-refractivity contribution in [1.29, 1.82) is 0 Å². The van der Waals surface area contributed by atoms with Crippen molar-refractivity contribution in [3.8, 4) is 0 Å². The van der Waals surface area contributed by atoms with Gasteiger partial charge in [0.25, 0.3) is 0 Å². The zero-order valence-corrected chi connectivity index (χ0v) is 8.26. The van der Waals surface area contributed by atoms with E-state index >= 15 is 0 Å². The standard InChI is InChI=1S/C8H17N3O2/c1-5(4-6(9)12)11-7(13)8(2,3)10/h5H,4,10H2,1-3H3,(H2,9,12)(H,11,13). The molecule has 0 aromatic carbocycles. The van der Waals surface area contributed by atoms with Gasteiger partial charge in [0.2, 0.25) is 11.8 Å². The van der Waals surface area contributed by atoms with E-state index in [-0.39, 0.29) is 18.4 Å². The lowest BCUT2D eigenvalue weighted by atomic mass is 10.1. The molecular weight excluding hydrogens is 170 g/mol. The van der Waals surface area contributed by atoms with Crippen LogP contribution in [-0.2, 0) is 9.59 Å². The molecule has 0 aromatic rings. The third-order valence-corrected chi connectivity index (χ3v) is 1.47. The first-order chi connectivity index (χ1) is 5.73. The van der Waals surface area contributed by atoms with Crippen molar-refractivity contribution in [3.63, 3.8) is 0 Å². The molecule has 0 radical (unpaired) electrons. The highest BCUT2D eigenvalue weighted by molar-refractivity contribution is 5.86. The molecule has 0 aliphatic carbocycles. The Labute approximate surface area is 77.8 Å². The first-order valence-electron chi connectivity index (χ1n) is 4.11. The summed E-state index contributed by atoms with van der Waals surface area (Å²) in [4.78, 5) is 21.7. The van der Waals surface area contributed by atoms with Gasteiger partial charge in [0, 0.05) is 12.5 Å². The van der Waals surface area contributed by atoms with Crippen molar-refractivity contribution in [1.82, 2.24) is 5.32 Å². The SMILES string of the molecule is CC(CC(N)=O)NC(=O)C(C)(C)N. The second-order valence-corrected chi connectivity index (χ2v) is 3.77. The van der Waals surface area contributed by atoms with Crippen molar-refractivity contribution in [2.24, 2.45) is 11.5 Å². The van der Waals surface area contributed by atoms with Crippen LogP contribution >= 0.6 is 0 Å². The molecule has 76 valence electrons. The second kappa shape index (κ2) is 4.23. The smallest absolute Gasteiger partial charge is 0.239 e. The van der Waals surface area contributed by atoms with Gasteiger partial charge in [0.1, 0.15) is 0 Å². The highest BCUT2D eigenvalue weighted by atomic mass is 16.2. The molecule has 5 nitrogen and oxygen atoms in total. The summed E-state index contributed by atoms with van der Waals surface area (Å²) < 4.78 is 0. The summed E-state index contributed by atoms with van der Waals surface area (Å²) in [5, 5.41) is 2.59. The van der Waals surface area contributed by atoms with Crippen LogP contribution in [0.25, 0.3) is 0 Å². The summed E-state index contributed by atoms with van der Waals surface area (Å²) in [6.45, 7) is 4.90. The van der Waals surface area contributed by atoms with Crippen molar-refractivity contribution in [2.45, 2.75) is 38.8 Å². The molecule has 1 atom stereocenters.